The molecule has 2 aromatic carbocycles. The Kier molecular flexibility index (Phi) is 37.0. The molecule has 23 heterocycles. The zero-order valence-corrected chi connectivity index (χ0v) is 82.9. The van der Waals surface area contributed by atoms with E-state index in [1.807, 2.05) is 38.1 Å². The van der Waals surface area contributed by atoms with Crippen LogP contribution in [0.25, 0.3) is 0 Å². The standard InChI is InChI=1S/C98H149N11O37/c1-43(2)64(53(115)33-46(15-12-32-103-94(101)133)84(129)104-48-24-20-45-22-26-62-96(4,50(45)35-48)28-14-30-98(62,6)93(132)106-92(131)97(5)29-13-27-95(3)49-34-47(99)23-19-44(49)21-25-61(95)97)105-85(130)51(100)16-10-11-31-102-63(116)42-134-54-18-9-7-8-17-52-65(54)107-108-109(52)36-55-78-66(117)72(123)86(135-55)142-79-56(37-110)137-88(74(125)68(79)119)144-81-58(39-112)139-90(76(127)70(81)121)146-83-60(41-114)140-91(77(128)71(83)122)145-82-59(40-113)138-89(75(126)69(82)120)143-80-57(38-111)136-87(141-78)73(124)67(80)118/h19-20,23-24,34-35,43,46,51,54-62,64,66-83,86-91,110-114,117-128H,7-18,21-22,25-33,36-42,99-100H2,1-6H3,(H,102,116)(H,104,129)(H,105,130)(H3,101,103,133)(H,106,131,132)/t46-,51-,54?,55?,56?,57?,58?,59?,60?,61-,62-,64+,66?,67?,68?,69?,70?,71?,72?,73?,74?,75?,76?,77?,78?,79?,80?,81?,82?,83?,86?,87?,88?,89?,90?,91?,95-,96-,97+,98+/m1/s1. The number of primary amides is 1. The van der Waals surface area contributed by atoms with Crippen LogP contribution in [0.5, 0.6) is 0 Å². The molecule has 30 rings (SSSR count). The molecule has 5 aliphatic carbocycles. The summed E-state index contributed by atoms with van der Waals surface area (Å²) < 4.78 is 79.1. The minimum absolute atomic E-state index is 0.00143. The summed E-state index contributed by atoms with van der Waals surface area (Å²) in [6, 6.07) is 8.95. The largest absolute Gasteiger partial charge is 0.399 e. The second-order valence-corrected chi connectivity index (χ2v) is 42.8. The Morgan fingerprint density at radius 1 is 0.479 bits per heavy atom. The summed E-state index contributed by atoms with van der Waals surface area (Å²) in [5.41, 5.74) is 22.1. The number of aromatic nitrogens is 3. The number of Topliss-reactive ketones (excluding diaryl/α,β-unsaturated/α-hetero) is 1. The van der Waals surface area contributed by atoms with Gasteiger partial charge in [-0.15, -0.1) is 5.10 Å². The summed E-state index contributed by atoms with van der Waals surface area (Å²) in [5.74, 6) is -4.14. The van der Waals surface area contributed by atoms with Gasteiger partial charge < -0.3 is 187 Å². The van der Waals surface area contributed by atoms with E-state index in [1.54, 1.807) is 13.8 Å². The first kappa shape index (κ1) is 113. The van der Waals surface area contributed by atoms with Gasteiger partial charge in [0, 0.05) is 36.8 Å². The summed E-state index contributed by atoms with van der Waals surface area (Å²) in [6.07, 6.45) is -51.3. The van der Waals surface area contributed by atoms with E-state index >= 15 is 4.79 Å². The molecule has 31 unspecified atom stereocenters. The fourth-order valence-corrected chi connectivity index (χ4v) is 24.6. The SMILES string of the molecule is CC(C)[C@H](NC(=O)[C@H](N)CCCCNC(=O)COC1CCCCCc2c1nnn2CC1OC2OC3C(CO)OC(OC4C(CO)OC(OC5C(CO)OC(OC6C(CO)OC(OC7C(CO)OC(OC1C(O)C2O)C(O)C7O)C(O)C6O)C(O)C5O)C(O)C4O)C(O)C3O)C(=O)C[C@@H](CCCNC(N)=O)C(=O)Nc1ccc2c(c1)[C@@]1(C)CCC[C@](C)(C(=O)NC(=O)[C@@]3(C)CCC[C@]4(C)c5cc(N)ccc5CC[C@@H]34)[C@@H]1CC2. The van der Waals surface area contributed by atoms with Gasteiger partial charge in [0.05, 0.1) is 68.2 Å². The van der Waals surface area contributed by atoms with Crippen molar-refractivity contribution in [2.45, 2.75) is 396 Å². The first-order valence-electron chi connectivity index (χ1n) is 51.2. The van der Waals surface area contributed by atoms with Crippen molar-refractivity contribution in [1.29, 1.82) is 0 Å². The zero-order valence-electron chi connectivity index (χ0n) is 82.9. The van der Waals surface area contributed by atoms with Crippen LogP contribution < -0.4 is 43.8 Å². The fraction of sp³-hybridized carbons (Fsp3) is 0.786. The number of carbonyl (C=O) groups is 7. The lowest BCUT2D eigenvalue weighted by molar-refractivity contribution is -0.403. The van der Waals surface area contributed by atoms with Crippen molar-refractivity contribution in [2.75, 3.05) is 63.8 Å². The van der Waals surface area contributed by atoms with Crippen LogP contribution in [0, 0.1) is 34.5 Å². The highest BCUT2D eigenvalue weighted by Crippen LogP contribution is 2.61. The summed E-state index contributed by atoms with van der Waals surface area (Å²) >= 11 is 0. The molecule has 22 saturated heterocycles. The number of ether oxygens (including phenoxy) is 13. The predicted molar refractivity (Wildman–Crippen MR) is 502 cm³/mol. The van der Waals surface area contributed by atoms with E-state index in [0.29, 0.717) is 87.7 Å². The molecule has 28 N–H and O–H groups in total. The van der Waals surface area contributed by atoms with Gasteiger partial charge in [0.2, 0.25) is 29.5 Å². The van der Waals surface area contributed by atoms with Crippen molar-refractivity contribution in [2.24, 2.45) is 46.0 Å². The van der Waals surface area contributed by atoms with Crippen LogP contribution in [-0.4, -0.2) is 392 Å². The Hall–Kier alpha value is -7.37. The number of nitrogens with two attached hydrogens (primary N) is 3. The Morgan fingerprint density at radius 3 is 1.34 bits per heavy atom. The maximum Gasteiger partial charge on any atom is 0.312 e. The number of hydrogen-bond acceptors (Lipinski definition) is 41. The molecule has 48 nitrogen and oxygen atoms in total. The number of amides is 7. The van der Waals surface area contributed by atoms with Crippen molar-refractivity contribution in [3.63, 3.8) is 0 Å². The van der Waals surface area contributed by atoms with E-state index in [1.165, 1.54) is 15.8 Å². The van der Waals surface area contributed by atoms with E-state index in [-0.39, 0.29) is 80.0 Å². The number of carbonyl (C=O) groups excluding carboxylic acids is 7. The molecule has 40 atom stereocenters. The average Bonchev–Trinajstić information content (AvgIpc) is 0.725. The number of aliphatic hydroxyl groups is 17. The summed E-state index contributed by atoms with van der Waals surface area (Å²) in [7, 11) is 0. The van der Waals surface area contributed by atoms with Crippen molar-refractivity contribution >= 4 is 52.7 Å². The van der Waals surface area contributed by atoms with Crippen LogP contribution >= 0.6 is 0 Å². The number of nitrogen functional groups attached to an aromatic ring is 1. The van der Waals surface area contributed by atoms with Gasteiger partial charge in [-0.25, -0.2) is 9.48 Å². The van der Waals surface area contributed by atoms with Crippen LogP contribution in [0.15, 0.2) is 36.4 Å². The molecule has 818 valence electrons. The van der Waals surface area contributed by atoms with E-state index < -0.39 is 306 Å². The molecule has 7 amide bonds. The van der Waals surface area contributed by atoms with Crippen molar-refractivity contribution in [1.82, 2.24) is 36.3 Å². The monoisotopic (exact) mass is 2070 g/mol. The van der Waals surface area contributed by atoms with Gasteiger partial charge in [-0.1, -0.05) is 84.6 Å². The van der Waals surface area contributed by atoms with Crippen molar-refractivity contribution in [3.05, 3.63) is 70.0 Å². The Morgan fingerprint density at radius 2 is 0.904 bits per heavy atom. The number of nitrogens with one attached hydrogen (secondary N) is 5. The molecule has 146 heavy (non-hydrogen) atoms. The third-order valence-electron chi connectivity index (χ3n) is 32.8. The molecule has 0 spiro atoms. The molecule has 24 fully saturated rings. The number of aryl methyl sites for hydroxylation is 2. The summed E-state index contributed by atoms with van der Waals surface area (Å²) in [4.78, 5) is 98.7. The van der Waals surface area contributed by atoms with E-state index in [9.17, 15) is 116 Å². The average molecular weight is 2070 g/mol. The topological polar surface area (TPSA) is 752 Å². The first-order chi connectivity index (χ1) is 69.5. The molecular formula is C98H149N11O37. The van der Waals surface area contributed by atoms with Gasteiger partial charge in [0.15, 0.2) is 43.5 Å². The number of anilines is 2. The normalized spacial score (nSPS) is 40.0. The number of hydrogen-bond donors (Lipinski definition) is 25. The molecule has 2 saturated carbocycles. The number of aliphatic hydroxyl groups excluding tert-OH is 17. The minimum Gasteiger partial charge on any atom is -0.399 e. The number of urea groups is 1. The van der Waals surface area contributed by atoms with Gasteiger partial charge >= 0.3 is 6.03 Å². The van der Waals surface area contributed by atoms with Gasteiger partial charge in [-0.05, 0) is 178 Å². The van der Waals surface area contributed by atoms with Crippen LogP contribution in [-0.2, 0) is 127 Å². The highest BCUT2D eigenvalue weighted by atomic mass is 16.8. The second kappa shape index (κ2) is 47.9. The number of benzene rings is 2. The van der Waals surface area contributed by atoms with Crippen LogP contribution in [0.1, 0.15) is 197 Å². The first-order valence-corrected chi connectivity index (χ1v) is 51.2. The van der Waals surface area contributed by atoms with E-state index in [2.05, 4.69) is 62.9 Å². The van der Waals surface area contributed by atoms with Gasteiger partial charge in [-0.3, -0.25) is 34.1 Å². The molecule has 48 heteroatoms. The molecule has 1 aromatic heterocycles. The molecule has 0 radical (unpaired) electrons. The molecule has 3 aromatic rings. The lowest BCUT2D eigenvalue weighted by Crippen LogP contribution is -2.69. The predicted octanol–water partition coefficient (Wildman–Crippen LogP) is -5.22. The fourth-order valence-electron chi connectivity index (χ4n) is 24.6. The van der Waals surface area contributed by atoms with Crippen LogP contribution in [0.2, 0.25) is 0 Å². The van der Waals surface area contributed by atoms with E-state index in [4.69, 9.17) is 78.8 Å². The van der Waals surface area contributed by atoms with Crippen molar-refractivity contribution in [3.8, 4) is 0 Å². The quantitative estimate of drug-likeness (QED) is 0.0175. The van der Waals surface area contributed by atoms with Gasteiger partial charge in [0.25, 0.3) is 0 Å². The highest BCUT2D eigenvalue weighted by molar-refractivity contribution is 6.01. The Labute approximate surface area is 843 Å². The van der Waals surface area contributed by atoms with Crippen LogP contribution in [0.3, 0.4) is 0 Å². The van der Waals surface area contributed by atoms with Crippen molar-refractivity contribution < 1.29 is 182 Å². The lowest BCUT2D eigenvalue weighted by atomic mass is 9.49. The lowest BCUT2D eigenvalue weighted by Gasteiger charge is -2.56. The molecule has 12 bridgehead atoms. The number of unbranched alkanes of at least 4 members (excludes halogenated alkanes) is 1. The number of rotatable bonds is 29. The summed E-state index contributed by atoms with van der Waals surface area (Å²) in [6.45, 7) is 5.87. The van der Waals surface area contributed by atoms with Gasteiger partial charge in [0.1, 0.15) is 165 Å². The highest BCUT2D eigenvalue weighted by Gasteiger charge is 2.63. The molecule has 27 aliphatic rings. The van der Waals surface area contributed by atoms with E-state index in [0.717, 1.165) is 43.2 Å². The van der Waals surface area contributed by atoms with Crippen LogP contribution in [0.4, 0.5) is 16.2 Å². The number of fused-ring (bicyclic) bond motifs is 7. The Bertz CT molecular complexity index is 4950. The zero-order chi connectivity index (χ0) is 105. The third-order valence-corrected chi connectivity index (χ3v) is 32.8. The minimum atomic E-state index is -2.27. The molecule has 22 aliphatic heterocycles. The summed E-state index contributed by atoms with van der Waals surface area (Å²) in [5, 5.41) is 218. The smallest absolute Gasteiger partial charge is 0.312 e. The maximum absolute atomic E-state index is 15.0. The van der Waals surface area contributed by atoms with Gasteiger partial charge in [-0.2, -0.15) is 0 Å². The molecular weight excluding hydrogens is 1920 g/mol. The number of imide groups is 1. The second-order valence-electron chi connectivity index (χ2n) is 42.8. The Balaban J connectivity index is 0.571. The number of ketones is 1. The number of nitrogens with zero attached hydrogens (tertiary/aromatic N) is 3. The maximum atomic E-state index is 15.0. The third kappa shape index (κ3) is 23.4.